The summed E-state index contributed by atoms with van der Waals surface area (Å²) in [4.78, 5) is 8.14. The fraction of sp³-hybridized carbons (Fsp3) is 0.182. The van der Waals surface area contributed by atoms with Crippen molar-refractivity contribution < 1.29 is 29.7 Å². The number of aromatic nitrogens is 2. The van der Waals surface area contributed by atoms with Crippen molar-refractivity contribution in [3.05, 3.63) is 71.0 Å². The average molecular weight is 410 g/mol. The van der Waals surface area contributed by atoms with Gasteiger partial charge in [0.2, 0.25) is 0 Å². The van der Waals surface area contributed by atoms with E-state index in [0.717, 1.165) is 33.0 Å². The molecule has 0 aliphatic carbocycles. The molecule has 0 saturated carbocycles. The van der Waals surface area contributed by atoms with Crippen molar-refractivity contribution in [1.82, 2.24) is 9.97 Å². The van der Waals surface area contributed by atoms with Crippen molar-refractivity contribution in [2.45, 2.75) is 27.7 Å². The van der Waals surface area contributed by atoms with Crippen LogP contribution in [0.5, 0.6) is 11.5 Å². The maximum Gasteiger partial charge on any atom is 2.00 e. The SMILES string of the molecule is Cc1cc([O-])c2nccc(C)c2c1.Cc1cc([O-])c2nccc(C)c2c1.[Zn+2]. The molecule has 4 rings (SSSR count). The predicted molar refractivity (Wildman–Crippen MR) is 101 cm³/mol. The van der Waals surface area contributed by atoms with Crippen molar-refractivity contribution in [3.8, 4) is 11.5 Å². The number of aryl methyl sites for hydroxylation is 4. The summed E-state index contributed by atoms with van der Waals surface area (Å²) in [5.41, 5.74) is 5.34. The Morgan fingerprint density at radius 1 is 0.630 bits per heavy atom. The molecule has 0 atom stereocenters. The van der Waals surface area contributed by atoms with Crippen LogP contribution in [-0.4, -0.2) is 9.97 Å². The van der Waals surface area contributed by atoms with Gasteiger partial charge in [0.15, 0.2) is 0 Å². The fourth-order valence-electron chi connectivity index (χ4n) is 2.99. The summed E-state index contributed by atoms with van der Waals surface area (Å²) in [5, 5.41) is 24.9. The summed E-state index contributed by atoms with van der Waals surface area (Å²) in [6.45, 7) is 7.83. The van der Waals surface area contributed by atoms with E-state index in [1.807, 2.05) is 52.0 Å². The van der Waals surface area contributed by atoms with Crippen LogP contribution in [0.4, 0.5) is 0 Å². The van der Waals surface area contributed by atoms with Crippen LogP contribution in [0.1, 0.15) is 22.3 Å². The molecule has 0 unspecified atom stereocenters. The van der Waals surface area contributed by atoms with Crippen molar-refractivity contribution in [2.75, 3.05) is 0 Å². The summed E-state index contributed by atoms with van der Waals surface area (Å²) in [5.74, 6) is 0.0254. The van der Waals surface area contributed by atoms with Crippen LogP contribution in [0, 0.1) is 27.7 Å². The van der Waals surface area contributed by atoms with Gasteiger partial charge in [-0.3, -0.25) is 9.97 Å². The normalized spacial score (nSPS) is 10.2. The van der Waals surface area contributed by atoms with Crippen molar-refractivity contribution >= 4 is 21.8 Å². The molecule has 132 valence electrons. The van der Waals surface area contributed by atoms with Crippen molar-refractivity contribution in [1.29, 1.82) is 0 Å². The van der Waals surface area contributed by atoms with E-state index >= 15 is 0 Å². The van der Waals surface area contributed by atoms with Crippen molar-refractivity contribution in [2.24, 2.45) is 0 Å². The first-order valence-corrected chi connectivity index (χ1v) is 8.43. The van der Waals surface area contributed by atoms with Gasteiger partial charge in [0, 0.05) is 23.2 Å². The minimum Gasteiger partial charge on any atom is -0.871 e. The number of rotatable bonds is 0. The third-order valence-corrected chi connectivity index (χ3v) is 4.34. The van der Waals surface area contributed by atoms with E-state index in [4.69, 9.17) is 0 Å². The van der Waals surface area contributed by atoms with Crippen molar-refractivity contribution in [3.63, 3.8) is 0 Å². The summed E-state index contributed by atoms with van der Waals surface area (Å²) < 4.78 is 0. The molecule has 0 saturated heterocycles. The van der Waals surface area contributed by atoms with Gasteiger partial charge in [-0.15, -0.1) is 0 Å². The van der Waals surface area contributed by atoms with Crippen LogP contribution in [0.15, 0.2) is 48.8 Å². The van der Waals surface area contributed by atoms with Gasteiger partial charge in [-0.05, 0) is 63.1 Å². The monoisotopic (exact) mass is 408 g/mol. The average Bonchev–Trinajstić information content (AvgIpc) is 2.57. The zero-order valence-electron chi connectivity index (χ0n) is 16.0. The molecule has 0 aliphatic heterocycles. The number of hydrogen-bond donors (Lipinski definition) is 0. The Balaban J connectivity index is 0.000000187. The summed E-state index contributed by atoms with van der Waals surface area (Å²) in [6.07, 6.45) is 3.35. The Bertz CT molecular complexity index is 1020. The van der Waals surface area contributed by atoms with Gasteiger partial charge >= 0.3 is 19.5 Å². The molecular weight excluding hydrogens is 390 g/mol. The fourth-order valence-corrected chi connectivity index (χ4v) is 2.99. The first-order chi connectivity index (χ1) is 12.4. The zero-order chi connectivity index (χ0) is 18.8. The summed E-state index contributed by atoms with van der Waals surface area (Å²) in [7, 11) is 0. The van der Waals surface area contributed by atoms with Crippen LogP contribution in [0.2, 0.25) is 0 Å². The quantitative estimate of drug-likeness (QED) is 0.413. The predicted octanol–water partition coefficient (Wildman–Crippen LogP) is 3.85. The first kappa shape index (κ1) is 20.8. The number of pyridine rings is 2. The molecule has 27 heavy (non-hydrogen) atoms. The summed E-state index contributed by atoms with van der Waals surface area (Å²) in [6, 6.07) is 11.1. The maximum absolute atomic E-state index is 11.5. The molecule has 0 aliphatic rings. The molecule has 0 N–H and O–H groups in total. The topological polar surface area (TPSA) is 71.9 Å². The molecule has 5 heteroatoms. The molecular formula is C22H20N2O2Zn. The van der Waals surface area contributed by atoms with Gasteiger partial charge in [0.25, 0.3) is 0 Å². The van der Waals surface area contributed by atoms with E-state index in [1.54, 1.807) is 24.5 Å². The van der Waals surface area contributed by atoms with E-state index in [0.29, 0.717) is 11.0 Å². The van der Waals surface area contributed by atoms with Gasteiger partial charge in [-0.2, -0.15) is 0 Å². The van der Waals surface area contributed by atoms with Gasteiger partial charge in [-0.1, -0.05) is 34.8 Å². The second-order valence-corrected chi connectivity index (χ2v) is 6.57. The smallest absolute Gasteiger partial charge is 0.871 e. The molecule has 0 radical (unpaired) electrons. The van der Waals surface area contributed by atoms with Gasteiger partial charge in [-0.25, -0.2) is 0 Å². The Labute approximate surface area is 171 Å². The Hall–Kier alpha value is -2.52. The Kier molecular flexibility index (Phi) is 6.51. The maximum atomic E-state index is 11.5. The molecule has 2 heterocycles. The van der Waals surface area contributed by atoms with Crippen LogP contribution < -0.4 is 10.2 Å². The number of hydrogen-bond acceptors (Lipinski definition) is 4. The molecule has 0 bridgehead atoms. The molecule has 4 aromatic rings. The van der Waals surface area contributed by atoms with Gasteiger partial charge < -0.3 is 10.2 Å². The largest absolute Gasteiger partial charge is 2.00 e. The minimum atomic E-state index is 0. The standard InChI is InChI=1S/2C11H11NO.Zn/c2*1-7-5-9-8(2)3-4-12-11(9)10(13)6-7;/h2*3-6,13H,1-2H3;/q;;+2/p-2. The van der Waals surface area contributed by atoms with E-state index < -0.39 is 0 Å². The van der Waals surface area contributed by atoms with Gasteiger partial charge in [0.1, 0.15) is 0 Å². The second-order valence-electron chi connectivity index (χ2n) is 6.57. The third-order valence-electron chi connectivity index (χ3n) is 4.34. The van der Waals surface area contributed by atoms with Crippen LogP contribution in [0.25, 0.3) is 21.8 Å². The van der Waals surface area contributed by atoms with Crippen LogP contribution in [-0.2, 0) is 19.5 Å². The zero-order valence-corrected chi connectivity index (χ0v) is 19.0. The molecule has 0 spiro atoms. The number of fused-ring (bicyclic) bond motifs is 2. The Morgan fingerprint density at radius 3 is 1.37 bits per heavy atom. The molecule has 2 aromatic heterocycles. The van der Waals surface area contributed by atoms with E-state index in [9.17, 15) is 10.2 Å². The van der Waals surface area contributed by atoms with E-state index in [2.05, 4.69) is 9.97 Å². The molecule has 0 fully saturated rings. The van der Waals surface area contributed by atoms with E-state index in [-0.39, 0.29) is 31.0 Å². The minimum absolute atomic E-state index is 0. The summed E-state index contributed by atoms with van der Waals surface area (Å²) >= 11 is 0. The Morgan fingerprint density at radius 2 is 1.00 bits per heavy atom. The molecule has 0 amide bonds. The molecule has 2 aromatic carbocycles. The molecule has 4 nitrogen and oxygen atoms in total. The second kappa shape index (κ2) is 8.45. The third kappa shape index (κ3) is 4.43. The number of benzene rings is 2. The van der Waals surface area contributed by atoms with Gasteiger partial charge in [0.05, 0.1) is 11.0 Å². The van der Waals surface area contributed by atoms with E-state index in [1.165, 1.54) is 0 Å². The first-order valence-electron chi connectivity index (χ1n) is 8.43. The van der Waals surface area contributed by atoms with Crippen LogP contribution in [0.3, 0.4) is 0 Å². The van der Waals surface area contributed by atoms with Crippen LogP contribution >= 0.6 is 0 Å². The number of nitrogens with zero attached hydrogens (tertiary/aromatic N) is 2.